The maximum atomic E-state index is 11.3. The summed E-state index contributed by atoms with van der Waals surface area (Å²) in [6.45, 7) is 7.75. The normalized spacial score (nSPS) is 13.3. The molecule has 1 radical (unpaired) electrons. The number of hydrogen-bond acceptors (Lipinski definition) is 5. The van der Waals surface area contributed by atoms with Gasteiger partial charge >= 0.3 is 127 Å². The van der Waals surface area contributed by atoms with Crippen LogP contribution in [0, 0.1) is 0 Å². The summed E-state index contributed by atoms with van der Waals surface area (Å²) < 4.78 is 10.1. The summed E-state index contributed by atoms with van der Waals surface area (Å²) in [4.78, 5) is 26.6. The average Bonchev–Trinajstić information content (AvgIpc) is 2.31. The predicted octanol–water partition coefficient (Wildman–Crippen LogP) is 0.187. The number of nitrogens with zero attached hydrogens (tertiary/aromatic N) is 1. The Balaban J connectivity index is 3.95. The second-order valence-corrected chi connectivity index (χ2v) is 5.82. The Morgan fingerprint density at radius 2 is 1.95 bits per heavy atom. The first kappa shape index (κ1) is 18.7. The molecule has 1 amide bonds. The maximum absolute atomic E-state index is 11.3. The van der Waals surface area contributed by atoms with E-state index in [-0.39, 0.29) is 5.97 Å². The number of aliphatic imine (C=N–C) groups is 1. The summed E-state index contributed by atoms with van der Waals surface area (Å²) in [5, 5.41) is 5.41. The van der Waals surface area contributed by atoms with E-state index in [1.807, 2.05) is 0 Å². The molecule has 2 N–H and O–H groups in total. The molecule has 8 heteroatoms. The van der Waals surface area contributed by atoms with Crippen LogP contribution in [0.15, 0.2) is 4.99 Å². The van der Waals surface area contributed by atoms with Crippen molar-refractivity contribution in [3.8, 4) is 0 Å². The zero-order valence-electron chi connectivity index (χ0n) is 12.5. The molecule has 0 fully saturated rings. The third kappa shape index (κ3) is 9.63. The van der Waals surface area contributed by atoms with Crippen LogP contribution in [0.4, 0.5) is 4.79 Å². The van der Waals surface area contributed by atoms with Crippen molar-refractivity contribution in [3.05, 3.63) is 0 Å². The van der Waals surface area contributed by atoms with E-state index >= 15 is 0 Å². The summed E-state index contributed by atoms with van der Waals surface area (Å²) in [6.07, 6.45) is -0.481. The molecule has 0 rings (SSSR count). The standard InChI is InChI=1S/C12H22N3O4Se/c1-8(9(16)18-5)15-10(20)13-6-7-14-11(17)19-12(2,3)4/h8H,6-7H2,1-5H3,(H,13,15)(H,14,17)/t8-/m0/s1. The fraction of sp³-hybridized carbons (Fsp3) is 0.750. The number of amidine groups is 1. The molecule has 0 heterocycles. The number of amides is 1. The molecule has 20 heavy (non-hydrogen) atoms. The average molecular weight is 351 g/mol. The van der Waals surface area contributed by atoms with E-state index < -0.39 is 17.7 Å². The molecular weight excluding hydrogens is 329 g/mol. The number of methoxy groups -OCH3 is 1. The van der Waals surface area contributed by atoms with Crippen molar-refractivity contribution < 1.29 is 19.1 Å². The SMILES string of the molecule is COC(=O)[C@H](C)NC([Se])=NCCNC(=O)OC(C)(C)C. The number of nitrogens with one attached hydrogen (secondary N) is 2. The fourth-order valence-corrected chi connectivity index (χ4v) is 1.66. The van der Waals surface area contributed by atoms with Gasteiger partial charge in [0.2, 0.25) is 0 Å². The van der Waals surface area contributed by atoms with E-state index in [1.54, 1.807) is 27.7 Å². The molecule has 0 bridgehead atoms. The minimum absolute atomic E-state index is 0.342. The van der Waals surface area contributed by atoms with E-state index in [0.29, 0.717) is 17.8 Å². The molecule has 115 valence electrons. The molecular formula is C12H22N3O4Se. The van der Waals surface area contributed by atoms with Gasteiger partial charge in [0.1, 0.15) is 0 Å². The van der Waals surface area contributed by atoms with E-state index in [4.69, 9.17) is 4.74 Å². The number of carbonyl (C=O) groups excluding carboxylic acids is 2. The molecule has 0 spiro atoms. The zero-order chi connectivity index (χ0) is 15.8. The Bertz CT molecular complexity index is 366. The van der Waals surface area contributed by atoms with Crippen LogP contribution >= 0.6 is 0 Å². The Labute approximate surface area is 127 Å². The predicted molar refractivity (Wildman–Crippen MR) is 76.9 cm³/mol. The number of alkyl carbamates (subject to hydrolysis) is 1. The molecule has 1 atom stereocenters. The second-order valence-electron chi connectivity index (χ2n) is 5.00. The first-order chi connectivity index (χ1) is 9.15. The van der Waals surface area contributed by atoms with Crippen LogP contribution in [0.1, 0.15) is 27.7 Å². The van der Waals surface area contributed by atoms with Crippen LogP contribution in [0.25, 0.3) is 0 Å². The molecule has 0 saturated carbocycles. The van der Waals surface area contributed by atoms with Crippen molar-refractivity contribution in [1.82, 2.24) is 10.6 Å². The van der Waals surface area contributed by atoms with Gasteiger partial charge < -0.3 is 0 Å². The number of ether oxygens (including phenoxy) is 2. The van der Waals surface area contributed by atoms with Gasteiger partial charge in [0.15, 0.2) is 0 Å². The number of esters is 1. The zero-order valence-corrected chi connectivity index (χ0v) is 14.2. The summed E-state index contributed by atoms with van der Waals surface area (Å²) in [6, 6.07) is -0.487. The van der Waals surface area contributed by atoms with E-state index in [2.05, 4.69) is 36.4 Å². The van der Waals surface area contributed by atoms with Gasteiger partial charge in [0, 0.05) is 0 Å². The van der Waals surface area contributed by atoms with Gasteiger partial charge in [-0.25, -0.2) is 0 Å². The summed E-state index contributed by atoms with van der Waals surface area (Å²) in [5.74, 6) is -0.375. The number of carbonyl (C=O) groups is 2. The monoisotopic (exact) mass is 352 g/mol. The van der Waals surface area contributed by atoms with Crippen LogP contribution < -0.4 is 10.6 Å². The van der Waals surface area contributed by atoms with Crippen LogP contribution in [0.3, 0.4) is 0 Å². The molecule has 0 aromatic heterocycles. The van der Waals surface area contributed by atoms with Crippen molar-refractivity contribution in [2.75, 3.05) is 20.2 Å². The third-order valence-electron chi connectivity index (χ3n) is 1.93. The van der Waals surface area contributed by atoms with Crippen molar-refractivity contribution in [2.24, 2.45) is 4.99 Å². The van der Waals surface area contributed by atoms with Crippen LogP contribution in [-0.4, -0.2) is 64.7 Å². The van der Waals surface area contributed by atoms with Crippen molar-refractivity contribution in [2.45, 2.75) is 39.3 Å². The third-order valence-corrected chi connectivity index (χ3v) is 2.45. The Kier molecular flexibility index (Phi) is 8.25. The summed E-state index contributed by atoms with van der Waals surface area (Å²) in [7, 11) is 1.32. The molecule has 0 aliphatic rings. The van der Waals surface area contributed by atoms with E-state index in [1.165, 1.54) is 7.11 Å². The van der Waals surface area contributed by atoms with Crippen molar-refractivity contribution in [1.29, 1.82) is 0 Å². The molecule has 7 nitrogen and oxygen atoms in total. The summed E-state index contributed by atoms with van der Waals surface area (Å²) >= 11 is 2.70. The Morgan fingerprint density at radius 3 is 2.45 bits per heavy atom. The van der Waals surface area contributed by atoms with Crippen molar-refractivity contribution >= 4 is 32.8 Å². The van der Waals surface area contributed by atoms with Crippen LogP contribution in [0.5, 0.6) is 0 Å². The van der Waals surface area contributed by atoms with Crippen LogP contribution in [-0.2, 0) is 14.3 Å². The van der Waals surface area contributed by atoms with E-state index in [0.717, 1.165) is 0 Å². The minimum atomic E-state index is -0.519. The Morgan fingerprint density at radius 1 is 1.35 bits per heavy atom. The molecule has 0 unspecified atom stereocenters. The second kappa shape index (κ2) is 8.81. The number of rotatable bonds is 5. The fourth-order valence-electron chi connectivity index (χ4n) is 1.10. The quantitative estimate of drug-likeness (QED) is 0.243. The Hall–Kier alpha value is -1.27. The van der Waals surface area contributed by atoms with Gasteiger partial charge in [-0.2, -0.15) is 0 Å². The van der Waals surface area contributed by atoms with E-state index in [9.17, 15) is 9.59 Å². The topological polar surface area (TPSA) is 89.0 Å². The molecule has 0 aromatic carbocycles. The molecule has 0 aliphatic carbocycles. The van der Waals surface area contributed by atoms with Gasteiger partial charge in [-0.05, 0) is 0 Å². The molecule has 0 saturated heterocycles. The molecule has 0 aliphatic heterocycles. The van der Waals surface area contributed by atoms with Gasteiger partial charge in [-0.15, -0.1) is 0 Å². The van der Waals surface area contributed by atoms with Crippen molar-refractivity contribution in [3.63, 3.8) is 0 Å². The summed E-state index contributed by atoms with van der Waals surface area (Å²) in [5.41, 5.74) is -0.519. The van der Waals surface area contributed by atoms with Gasteiger partial charge in [-0.3, -0.25) is 0 Å². The van der Waals surface area contributed by atoms with Gasteiger partial charge in [-0.1, -0.05) is 0 Å². The van der Waals surface area contributed by atoms with Gasteiger partial charge in [0.25, 0.3) is 0 Å². The molecule has 0 aromatic rings. The first-order valence-corrected chi connectivity index (χ1v) is 7.04. The van der Waals surface area contributed by atoms with Gasteiger partial charge in [0.05, 0.1) is 0 Å². The number of hydrogen-bond donors (Lipinski definition) is 2. The first-order valence-electron chi connectivity index (χ1n) is 6.18. The van der Waals surface area contributed by atoms with Crippen LogP contribution in [0.2, 0.25) is 0 Å².